The highest BCUT2D eigenvalue weighted by molar-refractivity contribution is 7.99. The molecular weight excluding hydrogens is 390 g/mol. The Kier molecular flexibility index (Phi) is 6.96. The van der Waals surface area contributed by atoms with Crippen LogP contribution in [0.4, 0.5) is 0 Å². The molecule has 1 N–H and O–H groups in total. The van der Waals surface area contributed by atoms with E-state index in [0.717, 1.165) is 16.8 Å². The van der Waals surface area contributed by atoms with E-state index >= 15 is 0 Å². The lowest BCUT2D eigenvalue weighted by Gasteiger charge is -2.11. The van der Waals surface area contributed by atoms with Crippen LogP contribution in [0, 0.1) is 6.92 Å². The van der Waals surface area contributed by atoms with Crippen molar-refractivity contribution >= 4 is 23.6 Å². The van der Waals surface area contributed by atoms with Crippen LogP contribution in [0.5, 0.6) is 0 Å². The Hall–Kier alpha value is -3.20. The van der Waals surface area contributed by atoms with Gasteiger partial charge in [-0.2, -0.15) is 0 Å². The molecule has 150 valence electrons. The van der Waals surface area contributed by atoms with Crippen molar-refractivity contribution in [2.75, 3.05) is 18.9 Å². The zero-order valence-electron chi connectivity index (χ0n) is 16.2. The third kappa shape index (κ3) is 5.41. The van der Waals surface area contributed by atoms with Crippen LogP contribution in [0.2, 0.25) is 0 Å². The van der Waals surface area contributed by atoms with Gasteiger partial charge in [-0.1, -0.05) is 29.5 Å². The van der Waals surface area contributed by atoms with Gasteiger partial charge < -0.3 is 10.1 Å². The van der Waals surface area contributed by atoms with Gasteiger partial charge >= 0.3 is 5.97 Å². The maximum Gasteiger partial charge on any atom is 0.325 e. The lowest BCUT2D eigenvalue weighted by molar-refractivity contribution is -0.143. The van der Waals surface area contributed by atoms with E-state index in [4.69, 9.17) is 4.74 Å². The lowest BCUT2D eigenvalue weighted by Crippen LogP contribution is -2.31. The number of nitrogens with zero attached hydrogens (tertiary/aromatic N) is 4. The van der Waals surface area contributed by atoms with E-state index < -0.39 is 5.97 Å². The van der Waals surface area contributed by atoms with Gasteiger partial charge in [-0.15, -0.1) is 10.2 Å². The number of amides is 1. The molecular formula is C20H21N5O3S. The Labute approximate surface area is 172 Å². The van der Waals surface area contributed by atoms with E-state index in [0.29, 0.717) is 11.0 Å². The minimum Gasteiger partial charge on any atom is -0.465 e. The topological polar surface area (TPSA) is 99.0 Å². The van der Waals surface area contributed by atoms with Gasteiger partial charge in [-0.3, -0.25) is 19.1 Å². The average molecular weight is 411 g/mol. The molecule has 8 nitrogen and oxygen atoms in total. The predicted octanol–water partition coefficient (Wildman–Crippen LogP) is 2.41. The molecule has 0 radical (unpaired) electrons. The molecule has 0 aliphatic rings. The molecule has 0 saturated heterocycles. The second kappa shape index (κ2) is 9.83. The molecule has 29 heavy (non-hydrogen) atoms. The molecule has 0 bridgehead atoms. The first-order chi connectivity index (χ1) is 14.1. The molecule has 2 heterocycles. The smallest absolute Gasteiger partial charge is 0.325 e. The van der Waals surface area contributed by atoms with Crippen LogP contribution in [-0.2, 0) is 14.3 Å². The first-order valence-corrected chi connectivity index (χ1v) is 10.0. The van der Waals surface area contributed by atoms with Crippen LogP contribution < -0.4 is 5.32 Å². The summed E-state index contributed by atoms with van der Waals surface area (Å²) in [4.78, 5) is 27.5. The zero-order chi connectivity index (χ0) is 20.6. The number of benzene rings is 1. The molecule has 1 aromatic carbocycles. The van der Waals surface area contributed by atoms with Gasteiger partial charge in [-0.05, 0) is 38.1 Å². The molecule has 3 aromatic rings. The van der Waals surface area contributed by atoms with Crippen molar-refractivity contribution in [3.8, 4) is 17.1 Å². The van der Waals surface area contributed by atoms with Crippen LogP contribution in [0.15, 0.2) is 53.9 Å². The molecule has 0 aliphatic heterocycles. The number of ether oxygens (including phenoxy) is 1. The Morgan fingerprint density at radius 2 is 1.83 bits per heavy atom. The van der Waals surface area contributed by atoms with Crippen LogP contribution >= 0.6 is 11.8 Å². The number of nitrogens with one attached hydrogen (secondary N) is 1. The fraction of sp³-hybridized carbons (Fsp3) is 0.250. The molecule has 3 rings (SSSR count). The number of pyridine rings is 1. The summed E-state index contributed by atoms with van der Waals surface area (Å²) in [5, 5.41) is 11.7. The number of thioether (sulfide) groups is 1. The Morgan fingerprint density at radius 3 is 2.52 bits per heavy atom. The van der Waals surface area contributed by atoms with E-state index in [2.05, 4.69) is 20.5 Å². The van der Waals surface area contributed by atoms with Crippen molar-refractivity contribution in [3.63, 3.8) is 0 Å². The standard InChI is InChI=1S/C20H21N5O3S/c1-3-28-18(27)12-22-17(26)13-29-20-24-23-19(15-8-10-21-11-9-15)25(20)16-6-4-14(2)5-7-16/h4-11H,3,12-13H2,1-2H3,(H,22,26). The minimum absolute atomic E-state index is 0.0970. The normalized spacial score (nSPS) is 10.6. The molecule has 0 aliphatic carbocycles. The van der Waals surface area contributed by atoms with Gasteiger partial charge in [0.1, 0.15) is 6.54 Å². The molecule has 9 heteroatoms. The Balaban J connectivity index is 1.80. The summed E-state index contributed by atoms with van der Waals surface area (Å²) in [7, 11) is 0. The summed E-state index contributed by atoms with van der Waals surface area (Å²) in [5.41, 5.74) is 2.90. The van der Waals surface area contributed by atoms with Gasteiger partial charge in [0, 0.05) is 23.6 Å². The fourth-order valence-electron chi connectivity index (χ4n) is 2.54. The maximum absolute atomic E-state index is 12.1. The highest BCUT2D eigenvalue weighted by atomic mass is 32.2. The number of hydrogen-bond donors (Lipinski definition) is 1. The second-order valence-electron chi connectivity index (χ2n) is 6.08. The highest BCUT2D eigenvalue weighted by Gasteiger charge is 2.17. The van der Waals surface area contributed by atoms with Crippen molar-refractivity contribution in [1.29, 1.82) is 0 Å². The predicted molar refractivity (Wildman–Crippen MR) is 110 cm³/mol. The SMILES string of the molecule is CCOC(=O)CNC(=O)CSc1nnc(-c2ccncc2)n1-c1ccc(C)cc1. The van der Waals surface area contributed by atoms with Crippen LogP contribution in [-0.4, -0.2) is 50.5 Å². The quantitative estimate of drug-likeness (QED) is 0.449. The Bertz CT molecular complexity index is 974. The lowest BCUT2D eigenvalue weighted by atomic mass is 10.2. The third-order valence-corrected chi connectivity index (χ3v) is 4.86. The largest absolute Gasteiger partial charge is 0.465 e. The molecule has 0 fully saturated rings. The molecule has 0 saturated carbocycles. The minimum atomic E-state index is -0.464. The number of carbonyl (C=O) groups is 2. The van der Waals surface area contributed by atoms with Crippen molar-refractivity contribution in [3.05, 3.63) is 54.4 Å². The molecule has 1 amide bonds. The fourth-order valence-corrected chi connectivity index (χ4v) is 3.32. The number of aromatic nitrogens is 4. The van der Waals surface area contributed by atoms with Crippen LogP contribution in [0.25, 0.3) is 17.1 Å². The summed E-state index contributed by atoms with van der Waals surface area (Å²) in [6, 6.07) is 11.7. The van der Waals surface area contributed by atoms with Gasteiger partial charge in [0.2, 0.25) is 5.91 Å². The second-order valence-corrected chi connectivity index (χ2v) is 7.03. The number of rotatable bonds is 8. The van der Waals surface area contributed by atoms with Crippen LogP contribution in [0.3, 0.4) is 0 Å². The van der Waals surface area contributed by atoms with Gasteiger partial charge in [-0.25, -0.2) is 0 Å². The highest BCUT2D eigenvalue weighted by Crippen LogP contribution is 2.27. The van der Waals surface area contributed by atoms with Gasteiger partial charge in [0.15, 0.2) is 11.0 Å². The summed E-state index contributed by atoms with van der Waals surface area (Å²) >= 11 is 1.24. The summed E-state index contributed by atoms with van der Waals surface area (Å²) in [6.07, 6.45) is 3.39. The number of esters is 1. The maximum atomic E-state index is 12.1. The van der Waals surface area contributed by atoms with E-state index in [-0.39, 0.29) is 24.8 Å². The molecule has 0 atom stereocenters. The van der Waals surface area contributed by atoms with E-state index in [1.807, 2.05) is 47.9 Å². The Morgan fingerprint density at radius 1 is 1.10 bits per heavy atom. The van der Waals surface area contributed by atoms with Gasteiger partial charge in [0.25, 0.3) is 0 Å². The van der Waals surface area contributed by atoms with E-state index in [1.54, 1.807) is 19.3 Å². The first kappa shape index (κ1) is 20.5. The van der Waals surface area contributed by atoms with E-state index in [1.165, 1.54) is 11.8 Å². The third-order valence-electron chi connectivity index (χ3n) is 3.93. The number of hydrogen-bond acceptors (Lipinski definition) is 7. The van der Waals surface area contributed by atoms with Crippen molar-refractivity contribution in [2.45, 2.75) is 19.0 Å². The van der Waals surface area contributed by atoms with Crippen molar-refractivity contribution < 1.29 is 14.3 Å². The van der Waals surface area contributed by atoms with E-state index in [9.17, 15) is 9.59 Å². The number of carbonyl (C=O) groups excluding carboxylic acids is 2. The van der Waals surface area contributed by atoms with Crippen molar-refractivity contribution in [1.82, 2.24) is 25.1 Å². The number of aryl methyl sites for hydroxylation is 1. The molecule has 0 unspecified atom stereocenters. The monoisotopic (exact) mass is 411 g/mol. The molecule has 2 aromatic heterocycles. The summed E-state index contributed by atoms with van der Waals surface area (Å²) in [6.45, 7) is 3.86. The van der Waals surface area contributed by atoms with Crippen molar-refractivity contribution in [2.24, 2.45) is 0 Å². The average Bonchev–Trinajstić information content (AvgIpc) is 3.16. The first-order valence-electron chi connectivity index (χ1n) is 9.06. The zero-order valence-corrected chi connectivity index (χ0v) is 17.0. The van der Waals surface area contributed by atoms with Crippen LogP contribution in [0.1, 0.15) is 12.5 Å². The summed E-state index contributed by atoms with van der Waals surface area (Å²) < 4.78 is 6.70. The van der Waals surface area contributed by atoms with Gasteiger partial charge in [0.05, 0.1) is 12.4 Å². The molecule has 0 spiro atoms. The summed E-state index contributed by atoms with van der Waals surface area (Å²) in [5.74, 6) is 0.00558.